The molecule has 25 heavy (non-hydrogen) atoms. The van der Waals surface area contributed by atoms with E-state index in [1.165, 1.54) is 37.0 Å². The highest BCUT2D eigenvalue weighted by molar-refractivity contribution is 7.20. The van der Waals surface area contributed by atoms with Crippen LogP contribution in [0.1, 0.15) is 48.2 Å². The first-order chi connectivity index (χ1) is 12.2. The number of fused-ring (bicyclic) bond motifs is 2. The molecule has 5 heteroatoms. The van der Waals surface area contributed by atoms with Crippen LogP contribution < -0.4 is 10.1 Å². The second-order valence-electron chi connectivity index (χ2n) is 6.71. The fourth-order valence-corrected chi connectivity index (χ4v) is 4.45. The van der Waals surface area contributed by atoms with Crippen LogP contribution in [-0.2, 0) is 0 Å². The number of carbonyl (C=O) groups is 1. The molecule has 1 aliphatic carbocycles. The summed E-state index contributed by atoms with van der Waals surface area (Å²) >= 11 is 1.46. The molecule has 4 rings (SSSR count). The summed E-state index contributed by atoms with van der Waals surface area (Å²) in [5.74, 6) is 0.832. The van der Waals surface area contributed by atoms with Crippen molar-refractivity contribution in [1.82, 2.24) is 10.3 Å². The van der Waals surface area contributed by atoms with Crippen molar-refractivity contribution >= 4 is 38.4 Å². The van der Waals surface area contributed by atoms with Crippen molar-refractivity contribution < 1.29 is 9.53 Å². The van der Waals surface area contributed by atoms with Crippen LogP contribution in [0.2, 0.25) is 0 Å². The van der Waals surface area contributed by atoms with Gasteiger partial charge in [0.15, 0.2) is 0 Å². The number of rotatable bonds is 3. The summed E-state index contributed by atoms with van der Waals surface area (Å²) in [4.78, 5) is 19.0. The maximum Gasteiger partial charge on any atom is 0.261 e. The van der Waals surface area contributed by atoms with Crippen LogP contribution in [0.5, 0.6) is 5.75 Å². The van der Waals surface area contributed by atoms with Gasteiger partial charge < -0.3 is 10.1 Å². The molecule has 2 heterocycles. The maximum absolute atomic E-state index is 12.6. The van der Waals surface area contributed by atoms with Crippen molar-refractivity contribution in [2.45, 2.75) is 44.6 Å². The Kier molecular flexibility index (Phi) is 4.57. The van der Waals surface area contributed by atoms with Gasteiger partial charge in [-0.05, 0) is 37.1 Å². The number of benzene rings is 1. The van der Waals surface area contributed by atoms with Gasteiger partial charge in [0.05, 0.1) is 17.5 Å². The van der Waals surface area contributed by atoms with Crippen LogP contribution in [0.3, 0.4) is 0 Å². The Morgan fingerprint density at radius 1 is 1.12 bits per heavy atom. The summed E-state index contributed by atoms with van der Waals surface area (Å²) in [6.45, 7) is 0. The lowest BCUT2D eigenvalue weighted by Gasteiger charge is -2.15. The van der Waals surface area contributed by atoms with Crippen molar-refractivity contribution in [1.29, 1.82) is 0 Å². The molecule has 0 aliphatic heterocycles. The highest BCUT2D eigenvalue weighted by atomic mass is 32.1. The van der Waals surface area contributed by atoms with E-state index in [2.05, 4.69) is 11.4 Å². The zero-order valence-electron chi connectivity index (χ0n) is 14.4. The Balaban J connectivity index is 1.61. The van der Waals surface area contributed by atoms with Gasteiger partial charge in [0, 0.05) is 22.9 Å². The van der Waals surface area contributed by atoms with Gasteiger partial charge in [-0.15, -0.1) is 11.3 Å². The molecule has 1 amide bonds. The fraction of sp³-hybridized carbons (Fsp3) is 0.400. The normalized spacial score (nSPS) is 16.0. The molecule has 0 saturated heterocycles. The monoisotopic (exact) mass is 354 g/mol. The van der Waals surface area contributed by atoms with Gasteiger partial charge in [0.2, 0.25) is 0 Å². The maximum atomic E-state index is 12.6. The smallest absolute Gasteiger partial charge is 0.261 e. The molecule has 0 atom stereocenters. The molecule has 1 N–H and O–H groups in total. The summed E-state index contributed by atoms with van der Waals surface area (Å²) in [5.41, 5.74) is 0.893. The predicted octanol–water partition coefficient (Wildman–Crippen LogP) is 4.91. The predicted molar refractivity (Wildman–Crippen MR) is 103 cm³/mol. The topological polar surface area (TPSA) is 51.2 Å². The van der Waals surface area contributed by atoms with Crippen molar-refractivity contribution in [3.63, 3.8) is 0 Å². The van der Waals surface area contributed by atoms with Crippen LogP contribution >= 0.6 is 11.3 Å². The molecule has 1 aliphatic rings. The van der Waals surface area contributed by atoms with Gasteiger partial charge in [-0.1, -0.05) is 25.7 Å². The second-order valence-corrected chi connectivity index (χ2v) is 7.74. The molecule has 0 unspecified atom stereocenters. The van der Waals surface area contributed by atoms with E-state index in [4.69, 9.17) is 9.72 Å². The average Bonchev–Trinajstić information content (AvgIpc) is 2.87. The van der Waals surface area contributed by atoms with Crippen molar-refractivity contribution in [2.75, 3.05) is 7.11 Å². The molecule has 3 aromatic rings. The standard InChI is InChI=1S/C20H22N2O2S/c1-24-16-9-8-13-10-14-11-18(25-20(14)22-17(13)12-16)19(23)21-15-6-4-2-3-5-7-15/h8-12,15H,2-7H2,1H3,(H,21,23). The van der Waals surface area contributed by atoms with Gasteiger partial charge in [-0.2, -0.15) is 0 Å². The van der Waals surface area contributed by atoms with E-state index in [9.17, 15) is 4.79 Å². The third-order valence-electron chi connectivity index (χ3n) is 4.92. The van der Waals surface area contributed by atoms with Crippen LogP contribution in [-0.4, -0.2) is 24.0 Å². The Bertz CT molecular complexity index is 911. The zero-order chi connectivity index (χ0) is 17.2. The first-order valence-corrected chi connectivity index (χ1v) is 9.74. The lowest BCUT2D eigenvalue weighted by atomic mass is 10.1. The van der Waals surface area contributed by atoms with E-state index in [1.807, 2.05) is 24.3 Å². The van der Waals surface area contributed by atoms with Crippen LogP contribution in [0, 0.1) is 0 Å². The number of pyridine rings is 1. The number of nitrogens with zero attached hydrogens (tertiary/aromatic N) is 1. The van der Waals surface area contributed by atoms with E-state index in [0.29, 0.717) is 6.04 Å². The molecule has 4 nitrogen and oxygen atoms in total. The number of hydrogen-bond donors (Lipinski definition) is 1. The summed E-state index contributed by atoms with van der Waals surface area (Å²) < 4.78 is 5.27. The lowest BCUT2D eigenvalue weighted by molar-refractivity contribution is 0.0937. The third-order valence-corrected chi connectivity index (χ3v) is 5.97. The van der Waals surface area contributed by atoms with E-state index in [1.54, 1.807) is 7.11 Å². The van der Waals surface area contributed by atoms with E-state index >= 15 is 0 Å². The van der Waals surface area contributed by atoms with Crippen LogP contribution in [0.25, 0.3) is 21.1 Å². The highest BCUT2D eigenvalue weighted by Crippen LogP contribution is 2.29. The second kappa shape index (κ2) is 7.00. The zero-order valence-corrected chi connectivity index (χ0v) is 15.2. The molecular formula is C20H22N2O2S. The first-order valence-electron chi connectivity index (χ1n) is 8.92. The van der Waals surface area contributed by atoms with Gasteiger partial charge in [-0.25, -0.2) is 4.98 Å². The molecule has 130 valence electrons. The SMILES string of the molecule is COc1ccc2cc3cc(C(=O)NC4CCCCCC4)sc3nc2c1. The first kappa shape index (κ1) is 16.3. The third kappa shape index (κ3) is 3.47. The largest absolute Gasteiger partial charge is 0.497 e. The van der Waals surface area contributed by atoms with Gasteiger partial charge in [-0.3, -0.25) is 4.79 Å². The Morgan fingerprint density at radius 3 is 2.68 bits per heavy atom. The highest BCUT2D eigenvalue weighted by Gasteiger charge is 2.18. The Hall–Kier alpha value is -2.14. The summed E-state index contributed by atoms with van der Waals surface area (Å²) in [6, 6.07) is 10.2. The minimum atomic E-state index is 0.0385. The summed E-state index contributed by atoms with van der Waals surface area (Å²) in [7, 11) is 1.65. The molecule has 1 saturated carbocycles. The number of hydrogen-bond acceptors (Lipinski definition) is 4. The molecule has 0 bridgehead atoms. The average molecular weight is 354 g/mol. The molecule has 2 aromatic heterocycles. The minimum Gasteiger partial charge on any atom is -0.497 e. The Labute approximate surface area is 151 Å². The minimum absolute atomic E-state index is 0.0385. The molecular weight excluding hydrogens is 332 g/mol. The van der Waals surface area contributed by atoms with Crippen LogP contribution in [0.15, 0.2) is 30.3 Å². The number of aromatic nitrogens is 1. The van der Waals surface area contributed by atoms with Gasteiger partial charge in [0.25, 0.3) is 5.91 Å². The summed E-state index contributed by atoms with van der Waals surface area (Å²) in [6.07, 6.45) is 7.19. The van der Waals surface area contributed by atoms with Crippen molar-refractivity contribution in [2.24, 2.45) is 0 Å². The number of carbonyl (C=O) groups excluding carboxylic acids is 1. The number of methoxy groups -OCH3 is 1. The van der Waals surface area contributed by atoms with Gasteiger partial charge >= 0.3 is 0 Å². The lowest BCUT2D eigenvalue weighted by Crippen LogP contribution is -2.33. The summed E-state index contributed by atoms with van der Waals surface area (Å²) in [5, 5.41) is 5.30. The van der Waals surface area contributed by atoms with E-state index in [-0.39, 0.29) is 5.91 Å². The van der Waals surface area contributed by atoms with Crippen LogP contribution in [0.4, 0.5) is 0 Å². The van der Waals surface area contributed by atoms with Crippen molar-refractivity contribution in [3.05, 3.63) is 35.2 Å². The number of nitrogens with one attached hydrogen (secondary N) is 1. The molecule has 0 radical (unpaired) electrons. The number of amides is 1. The quantitative estimate of drug-likeness (QED) is 0.680. The Morgan fingerprint density at radius 2 is 1.92 bits per heavy atom. The van der Waals surface area contributed by atoms with E-state index < -0.39 is 0 Å². The molecule has 0 spiro atoms. The van der Waals surface area contributed by atoms with E-state index in [0.717, 1.165) is 44.6 Å². The number of thiophene rings is 1. The fourth-order valence-electron chi connectivity index (χ4n) is 3.52. The molecule has 1 aromatic carbocycles. The number of ether oxygens (including phenoxy) is 1. The van der Waals surface area contributed by atoms with Crippen molar-refractivity contribution in [3.8, 4) is 5.75 Å². The van der Waals surface area contributed by atoms with Gasteiger partial charge in [0.1, 0.15) is 10.6 Å². The molecule has 1 fully saturated rings.